The van der Waals surface area contributed by atoms with E-state index in [1.165, 1.54) is 154 Å². The van der Waals surface area contributed by atoms with Crippen LogP contribution >= 0.6 is 0 Å². The first-order valence-electron chi connectivity index (χ1n) is 25.8. The molecule has 1 unspecified atom stereocenters. The second-order valence-corrected chi connectivity index (χ2v) is 17.4. The lowest BCUT2D eigenvalue weighted by atomic mass is 10.0. The maximum Gasteiger partial charge on any atom is 0.306 e. The summed E-state index contributed by atoms with van der Waals surface area (Å²) in [6.45, 7) is 6.62. The number of hydrogen-bond acceptors (Lipinski definition) is 6. The largest absolute Gasteiger partial charge is 0.462 e. The lowest BCUT2D eigenvalue weighted by molar-refractivity contribution is -0.167. The fourth-order valence-electron chi connectivity index (χ4n) is 7.49. The van der Waals surface area contributed by atoms with E-state index >= 15 is 0 Å². The Hall–Kier alpha value is -2.11. The van der Waals surface area contributed by atoms with Crippen molar-refractivity contribution in [2.24, 2.45) is 0 Å². The third-order valence-electron chi connectivity index (χ3n) is 11.4. The van der Waals surface area contributed by atoms with Gasteiger partial charge in [0.1, 0.15) is 13.2 Å². The molecule has 0 N–H and O–H groups in total. The highest BCUT2D eigenvalue weighted by Gasteiger charge is 2.19. The molecule has 1 atom stereocenters. The third-order valence-corrected chi connectivity index (χ3v) is 11.4. The summed E-state index contributed by atoms with van der Waals surface area (Å²) >= 11 is 0. The van der Waals surface area contributed by atoms with Crippen molar-refractivity contribution in [1.82, 2.24) is 0 Å². The molecular weight excluding hydrogens is 733 g/mol. The molecule has 0 aliphatic heterocycles. The van der Waals surface area contributed by atoms with Gasteiger partial charge >= 0.3 is 17.9 Å². The van der Waals surface area contributed by atoms with Crippen molar-refractivity contribution in [3.8, 4) is 0 Å². The zero-order valence-electron chi connectivity index (χ0n) is 39.5. The van der Waals surface area contributed by atoms with Crippen molar-refractivity contribution < 1.29 is 28.6 Å². The van der Waals surface area contributed by atoms with E-state index in [2.05, 4.69) is 45.1 Å². The van der Waals surface area contributed by atoms with Crippen LogP contribution in [0.15, 0.2) is 24.3 Å². The van der Waals surface area contributed by atoms with Crippen LogP contribution in [0, 0.1) is 0 Å². The van der Waals surface area contributed by atoms with Gasteiger partial charge in [-0.25, -0.2) is 0 Å². The Morgan fingerprint density at radius 1 is 0.322 bits per heavy atom. The summed E-state index contributed by atoms with van der Waals surface area (Å²) < 4.78 is 16.8. The maximum atomic E-state index is 12.8. The number of allylic oxidation sites excluding steroid dienone is 4. The lowest BCUT2D eigenvalue weighted by Gasteiger charge is -2.18. The summed E-state index contributed by atoms with van der Waals surface area (Å²) in [4.78, 5) is 37.9. The van der Waals surface area contributed by atoms with Gasteiger partial charge in [-0.05, 0) is 70.6 Å². The predicted molar refractivity (Wildman–Crippen MR) is 252 cm³/mol. The number of carbonyl (C=O) groups excluding carboxylic acids is 3. The van der Waals surface area contributed by atoms with Gasteiger partial charge in [-0.15, -0.1) is 0 Å². The van der Waals surface area contributed by atoms with Crippen LogP contribution < -0.4 is 0 Å². The molecular formula is C53H98O6. The van der Waals surface area contributed by atoms with Crippen molar-refractivity contribution in [3.05, 3.63) is 24.3 Å². The molecule has 0 radical (unpaired) electrons. The van der Waals surface area contributed by atoms with Gasteiger partial charge in [-0.3, -0.25) is 14.4 Å². The van der Waals surface area contributed by atoms with Crippen LogP contribution in [0.2, 0.25) is 0 Å². The predicted octanol–water partition coefficient (Wildman–Crippen LogP) is 16.8. The van der Waals surface area contributed by atoms with Gasteiger partial charge in [0.05, 0.1) is 0 Å². The lowest BCUT2D eigenvalue weighted by Crippen LogP contribution is -2.30. The number of carbonyl (C=O) groups is 3. The van der Waals surface area contributed by atoms with Crippen molar-refractivity contribution >= 4 is 17.9 Å². The van der Waals surface area contributed by atoms with Gasteiger partial charge in [-0.1, -0.05) is 212 Å². The fraction of sp³-hybridized carbons (Fsp3) is 0.868. The van der Waals surface area contributed by atoms with E-state index in [0.717, 1.165) is 83.5 Å². The Morgan fingerprint density at radius 2 is 0.559 bits per heavy atom. The number of hydrogen-bond donors (Lipinski definition) is 0. The Labute approximate surface area is 366 Å². The highest BCUT2D eigenvalue weighted by Crippen LogP contribution is 2.15. The van der Waals surface area contributed by atoms with Gasteiger partial charge in [0, 0.05) is 19.3 Å². The van der Waals surface area contributed by atoms with E-state index in [1.807, 2.05) is 0 Å². The van der Waals surface area contributed by atoms with Crippen molar-refractivity contribution in [1.29, 1.82) is 0 Å². The molecule has 0 spiro atoms. The number of rotatable bonds is 47. The average Bonchev–Trinajstić information content (AvgIpc) is 3.23. The van der Waals surface area contributed by atoms with E-state index in [4.69, 9.17) is 14.2 Å². The van der Waals surface area contributed by atoms with E-state index in [9.17, 15) is 14.4 Å². The molecule has 0 aromatic rings. The van der Waals surface area contributed by atoms with Crippen LogP contribution in [0.5, 0.6) is 0 Å². The summed E-state index contributed by atoms with van der Waals surface area (Å²) in [6.07, 6.45) is 54.4. The Bertz CT molecular complexity index is 958. The molecule has 0 bridgehead atoms. The molecule has 0 rings (SSSR count). The van der Waals surface area contributed by atoms with Gasteiger partial charge in [0.25, 0.3) is 0 Å². The Kier molecular flexibility index (Phi) is 46.8. The van der Waals surface area contributed by atoms with Gasteiger partial charge < -0.3 is 14.2 Å². The number of esters is 3. The molecule has 6 nitrogen and oxygen atoms in total. The van der Waals surface area contributed by atoms with E-state index in [1.54, 1.807) is 0 Å². The van der Waals surface area contributed by atoms with Crippen LogP contribution in [-0.4, -0.2) is 37.2 Å². The quantitative estimate of drug-likeness (QED) is 0.0263. The average molecular weight is 831 g/mol. The first-order valence-corrected chi connectivity index (χ1v) is 25.8. The van der Waals surface area contributed by atoms with Crippen molar-refractivity contribution in [2.75, 3.05) is 13.2 Å². The van der Waals surface area contributed by atoms with Crippen molar-refractivity contribution in [2.45, 2.75) is 284 Å². The van der Waals surface area contributed by atoms with E-state index in [-0.39, 0.29) is 31.1 Å². The minimum atomic E-state index is -0.779. The molecule has 6 heteroatoms. The summed E-state index contributed by atoms with van der Waals surface area (Å²) in [7, 11) is 0. The zero-order chi connectivity index (χ0) is 43.0. The molecule has 0 saturated carbocycles. The minimum Gasteiger partial charge on any atom is -0.462 e. The van der Waals surface area contributed by atoms with Crippen molar-refractivity contribution in [3.63, 3.8) is 0 Å². The second-order valence-electron chi connectivity index (χ2n) is 17.4. The Morgan fingerprint density at radius 3 is 0.864 bits per heavy atom. The van der Waals surface area contributed by atoms with Crippen LogP contribution in [0.1, 0.15) is 278 Å². The van der Waals surface area contributed by atoms with Crippen LogP contribution in [-0.2, 0) is 28.6 Å². The molecule has 0 aromatic heterocycles. The third kappa shape index (κ3) is 46.8. The van der Waals surface area contributed by atoms with Crippen LogP contribution in [0.25, 0.3) is 0 Å². The summed E-state index contributed by atoms with van der Waals surface area (Å²) in [6, 6.07) is 0. The molecule has 0 aliphatic carbocycles. The fourth-order valence-corrected chi connectivity index (χ4v) is 7.49. The summed E-state index contributed by atoms with van der Waals surface area (Å²) in [5.74, 6) is -0.899. The molecule has 346 valence electrons. The Balaban J connectivity index is 4.37. The molecule has 59 heavy (non-hydrogen) atoms. The topological polar surface area (TPSA) is 78.9 Å². The number of ether oxygens (including phenoxy) is 3. The first-order chi connectivity index (χ1) is 29.0. The molecule has 0 heterocycles. The standard InChI is InChI=1S/C53H98O6/c1-4-7-10-13-16-19-22-25-26-29-31-34-37-40-43-46-52(55)58-49-50(59-53(56)47-44-41-38-35-32-28-24-21-18-15-12-9-6-3)48-57-51(54)45-42-39-36-33-30-27-23-20-17-14-11-8-5-2/h27-28,30,32,50H,4-26,29,31,33-49H2,1-3H3/b30-27-,32-28-. The second kappa shape index (κ2) is 48.6. The summed E-state index contributed by atoms with van der Waals surface area (Å²) in [5, 5.41) is 0. The SMILES string of the molecule is CCCCCCCC/C=C\CCCCCC(=O)OCC(COC(=O)CCCCCCCCCCCCCCCCC)OC(=O)CCCCC/C=C\CCCCCCCC. The van der Waals surface area contributed by atoms with E-state index < -0.39 is 6.10 Å². The van der Waals surface area contributed by atoms with E-state index in [0.29, 0.717) is 19.3 Å². The molecule has 0 saturated heterocycles. The normalized spacial score (nSPS) is 12.1. The summed E-state index contributed by atoms with van der Waals surface area (Å²) in [5.41, 5.74) is 0. The minimum absolute atomic E-state index is 0.0783. The molecule has 0 aromatic carbocycles. The van der Waals surface area contributed by atoms with Gasteiger partial charge in [0.2, 0.25) is 0 Å². The zero-order valence-corrected chi connectivity index (χ0v) is 39.5. The highest BCUT2D eigenvalue weighted by molar-refractivity contribution is 5.71. The van der Waals surface area contributed by atoms with Crippen LogP contribution in [0.3, 0.4) is 0 Å². The van der Waals surface area contributed by atoms with Crippen LogP contribution in [0.4, 0.5) is 0 Å². The molecule has 0 fully saturated rings. The van der Waals surface area contributed by atoms with Gasteiger partial charge in [-0.2, -0.15) is 0 Å². The molecule has 0 amide bonds. The maximum absolute atomic E-state index is 12.8. The highest BCUT2D eigenvalue weighted by atomic mass is 16.6. The molecule has 0 aliphatic rings. The first kappa shape index (κ1) is 56.9. The smallest absolute Gasteiger partial charge is 0.306 e. The number of unbranched alkanes of at least 4 members (excludes halogenated alkanes) is 32. The van der Waals surface area contributed by atoms with Gasteiger partial charge in [0.15, 0.2) is 6.10 Å². The monoisotopic (exact) mass is 831 g/mol.